The van der Waals surface area contributed by atoms with Gasteiger partial charge in [-0.25, -0.2) is 0 Å². The van der Waals surface area contributed by atoms with Crippen molar-refractivity contribution in [2.24, 2.45) is 12.8 Å². The first-order chi connectivity index (χ1) is 7.54. The van der Waals surface area contributed by atoms with E-state index in [4.69, 9.17) is 11.0 Å². The zero-order valence-corrected chi connectivity index (χ0v) is 9.99. The summed E-state index contributed by atoms with van der Waals surface area (Å²) in [5, 5.41) is 17.1. The van der Waals surface area contributed by atoms with Gasteiger partial charge < -0.3 is 10.3 Å². The van der Waals surface area contributed by atoms with Gasteiger partial charge in [0.1, 0.15) is 5.82 Å². The summed E-state index contributed by atoms with van der Waals surface area (Å²) in [4.78, 5) is 10.6. The number of carbonyl (C=O) groups excluding carboxylic acids is 1. The van der Waals surface area contributed by atoms with Gasteiger partial charge in [-0.2, -0.15) is 5.26 Å². The molecule has 0 aliphatic heterocycles. The average Bonchev–Trinajstić information content (AvgIpc) is 2.57. The molecular formula is C9H13N5OS. The summed E-state index contributed by atoms with van der Waals surface area (Å²) in [5.74, 6) is 0.342. The zero-order chi connectivity index (χ0) is 12.1. The molecule has 6 nitrogen and oxygen atoms in total. The first-order valence-electron chi connectivity index (χ1n) is 4.77. The summed E-state index contributed by atoms with van der Waals surface area (Å²) in [6, 6.07) is 2.11. The number of thioether (sulfide) groups is 1. The Morgan fingerprint density at radius 1 is 1.69 bits per heavy atom. The van der Waals surface area contributed by atoms with E-state index in [0.717, 1.165) is 0 Å². The van der Waals surface area contributed by atoms with E-state index < -0.39 is 0 Å². The standard InChI is InChI=1S/C9H13N5OS/c1-6(5-10)16-9-13-12-8(14(9)2)4-3-7(11)15/h6H,3-4H2,1-2H3,(H2,11,15)/t6-/m0/s1. The average molecular weight is 239 g/mol. The van der Waals surface area contributed by atoms with E-state index in [0.29, 0.717) is 17.4 Å². The Morgan fingerprint density at radius 3 is 2.94 bits per heavy atom. The molecule has 1 amide bonds. The fourth-order valence-electron chi connectivity index (χ4n) is 1.08. The third-order valence-electron chi connectivity index (χ3n) is 1.98. The maximum Gasteiger partial charge on any atom is 0.217 e. The van der Waals surface area contributed by atoms with Gasteiger partial charge in [-0.15, -0.1) is 10.2 Å². The van der Waals surface area contributed by atoms with Gasteiger partial charge in [0.05, 0.1) is 11.3 Å². The molecule has 0 radical (unpaired) electrons. The van der Waals surface area contributed by atoms with Crippen LogP contribution in [-0.4, -0.2) is 25.9 Å². The topological polar surface area (TPSA) is 97.6 Å². The molecule has 0 bridgehead atoms. The highest BCUT2D eigenvalue weighted by Gasteiger charge is 2.12. The monoisotopic (exact) mass is 239 g/mol. The molecule has 1 aromatic heterocycles. The van der Waals surface area contributed by atoms with Crippen LogP contribution in [0, 0.1) is 11.3 Å². The van der Waals surface area contributed by atoms with Gasteiger partial charge in [0, 0.05) is 19.9 Å². The van der Waals surface area contributed by atoms with Crippen molar-refractivity contribution in [1.82, 2.24) is 14.8 Å². The molecule has 0 spiro atoms. The van der Waals surface area contributed by atoms with Crippen molar-refractivity contribution in [2.45, 2.75) is 30.2 Å². The van der Waals surface area contributed by atoms with E-state index >= 15 is 0 Å². The quantitative estimate of drug-likeness (QED) is 0.742. The van der Waals surface area contributed by atoms with Gasteiger partial charge in [0.2, 0.25) is 5.91 Å². The van der Waals surface area contributed by atoms with Gasteiger partial charge in [-0.05, 0) is 6.92 Å². The van der Waals surface area contributed by atoms with Crippen molar-refractivity contribution in [1.29, 1.82) is 5.26 Å². The Labute approximate surface area is 97.8 Å². The molecule has 0 saturated heterocycles. The number of aryl methyl sites for hydroxylation is 1. The smallest absolute Gasteiger partial charge is 0.217 e. The molecule has 86 valence electrons. The lowest BCUT2D eigenvalue weighted by Crippen LogP contribution is -2.13. The highest BCUT2D eigenvalue weighted by atomic mass is 32.2. The van der Waals surface area contributed by atoms with E-state index in [1.165, 1.54) is 11.8 Å². The highest BCUT2D eigenvalue weighted by molar-refractivity contribution is 8.00. The van der Waals surface area contributed by atoms with Crippen molar-refractivity contribution in [3.05, 3.63) is 5.82 Å². The minimum absolute atomic E-state index is 0.174. The van der Waals surface area contributed by atoms with Crippen LogP contribution in [0.4, 0.5) is 0 Å². The molecule has 16 heavy (non-hydrogen) atoms. The maximum absolute atomic E-state index is 10.6. The second-order valence-electron chi connectivity index (χ2n) is 3.31. The Kier molecular flexibility index (Phi) is 4.31. The van der Waals surface area contributed by atoms with Crippen LogP contribution in [0.15, 0.2) is 5.16 Å². The van der Waals surface area contributed by atoms with Gasteiger partial charge in [-0.1, -0.05) is 11.8 Å². The molecule has 0 aliphatic carbocycles. The molecule has 1 aromatic rings. The fraction of sp³-hybridized carbons (Fsp3) is 0.556. The Hall–Kier alpha value is -1.55. The van der Waals surface area contributed by atoms with Crippen LogP contribution in [0.25, 0.3) is 0 Å². The Bertz CT molecular complexity index is 422. The first-order valence-corrected chi connectivity index (χ1v) is 5.65. The largest absolute Gasteiger partial charge is 0.370 e. The van der Waals surface area contributed by atoms with Crippen LogP contribution in [0.3, 0.4) is 0 Å². The molecule has 1 atom stereocenters. The van der Waals surface area contributed by atoms with Crippen LogP contribution >= 0.6 is 11.8 Å². The van der Waals surface area contributed by atoms with Crippen molar-refractivity contribution in [3.8, 4) is 6.07 Å². The lowest BCUT2D eigenvalue weighted by Gasteiger charge is -2.03. The molecule has 0 unspecified atom stereocenters. The molecule has 0 fully saturated rings. The molecule has 7 heteroatoms. The molecule has 0 saturated carbocycles. The number of nitrogens with two attached hydrogens (primary N) is 1. The number of hydrogen-bond donors (Lipinski definition) is 1. The van der Waals surface area contributed by atoms with E-state index in [1.54, 1.807) is 11.5 Å². The van der Waals surface area contributed by atoms with Gasteiger partial charge in [0.25, 0.3) is 0 Å². The second-order valence-corrected chi connectivity index (χ2v) is 4.62. The van der Waals surface area contributed by atoms with Crippen LogP contribution in [0.5, 0.6) is 0 Å². The van der Waals surface area contributed by atoms with Crippen LogP contribution < -0.4 is 5.73 Å². The molecule has 1 rings (SSSR count). The molecule has 0 aromatic carbocycles. The number of nitriles is 1. The zero-order valence-electron chi connectivity index (χ0n) is 9.17. The fourth-order valence-corrected chi connectivity index (χ4v) is 1.81. The minimum Gasteiger partial charge on any atom is -0.370 e. The molecule has 0 aliphatic rings. The summed E-state index contributed by atoms with van der Waals surface area (Å²) >= 11 is 1.34. The third kappa shape index (κ3) is 3.24. The third-order valence-corrected chi connectivity index (χ3v) is 3.01. The van der Waals surface area contributed by atoms with E-state index in [2.05, 4.69) is 16.3 Å². The highest BCUT2D eigenvalue weighted by Crippen LogP contribution is 2.20. The number of aromatic nitrogens is 3. The maximum atomic E-state index is 10.6. The number of carbonyl (C=O) groups is 1. The summed E-state index contributed by atoms with van der Waals surface area (Å²) in [6.07, 6.45) is 0.727. The molecular weight excluding hydrogens is 226 g/mol. The summed E-state index contributed by atoms with van der Waals surface area (Å²) in [6.45, 7) is 1.79. The number of amides is 1. The van der Waals surface area contributed by atoms with E-state index in [1.807, 2.05) is 7.05 Å². The van der Waals surface area contributed by atoms with Crippen LogP contribution in [0.2, 0.25) is 0 Å². The van der Waals surface area contributed by atoms with Crippen molar-refractivity contribution < 1.29 is 4.79 Å². The van der Waals surface area contributed by atoms with Gasteiger partial charge in [0.15, 0.2) is 5.16 Å². The minimum atomic E-state index is -0.359. The van der Waals surface area contributed by atoms with Crippen molar-refractivity contribution in [3.63, 3.8) is 0 Å². The van der Waals surface area contributed by atoms with E-state index in [9.17, 15) is 4.79 Å². The summed E-state index contributed by atoms with van der Waals surface area (Å²) < 4.78 is 1.78. The van der Waals surface area contributed by atoms with E-state index in [-0.39, 0.29) is 17.6 Å². The SMILES string of the molecule is C[C@@H](C#N)Sc1nnc(CCC(N)=O)n1C. The Morgan fingerprint density at radius 2 is 2.38 bits per heavy atom. The predicted octanol–water partition coefficient (Wildman–Crippen LogP) is 0.237. The second kappa shape index (κ2) is 5.51. The van der Waals surface area contributed by atoms with Crippen molar-refractivity contribution in [2.75, 3.05) is 0 Å². The molecule has 2 N–H and O–H groups in total. The van der Waals surface area contributed by atoms with Crippen LogP contribution in [-0.2, 0) is 18.3 Å². The predicted molar refractivity (Wildman–Crippen MR) is 59.5 cm³/mol. The van der Waals surface area contributed by atoms with Gasteiger partial charge in [-0.3, -0.25) is 4.79 Å². The normalized spacial score (nSPS) is 12.1. The lowest BCUT2D eigenvalue weighted by molar-refractivity contribution is -0.118. The summed E-state index contributed by atoms with van der Waals surface area (Å²) in [7, 11) is 1.81. The van der Waals surface area contributed by atoms with Crippen molar-refractivity contribution >= 4 is 17.7 Å². The Balaban J connectivity index is 2.69. The number of nitrogens with zero attached hydrogens (tertiary/aromatic N) is 4. The number of hydrogen-bond acceptors (Lipinski definition) is 5. The van der Waals surface area contributed by atoms with Crippen LogP contribution in [0.1, 0.15) is 19.2 Å². The summed E-state index contributed by atoms with van der Waals surface area (Å²) in [5.41, 5.74) is 5.05. The van der Waals surface area contributed by atoms with Gasteiger partial charge >= 0.3 is 0 Å². The number of primary amides is 1. The number of rotatable bonds is 5. The first kappa shape index (κ1) is 12.5. The lowest BCUT2D eigenvalue weighted by atomic mass is 10.3. The molecule has 1 heterocycles.